The van der Waals surface area contributed by atoms with E-state index in [2.05, 4.69) is 10.1 Å². The topological polar surface area (TPSA) is 95.0 Å². The highest BCUT2D eigenvalue weighted by molar-refractivity contribution is 5.76. The van der Waals surface area contributed by atoms with Gasteiger partial charge in [-0.15, -0.1) is 0 Å². The zero-order chi connectivity index (χ0) is 16.4. The maximum absolute atomic E-state index is 12.5. The van der Waals surface area contributed by atoms with E-state index in [-0.39, 0.29) is 24.1 Å². The molecule has 9 heteroatoms. The molecule has 0 aliphatic carbocycles. The van der Waals surface area contributed by atoms with E-state index in [1.807, 2.05) is 0 Å². The van der Waals surface area contributed by atoms with Crippen molar-refractivity contribution in [3.8, 4) is 0 Å². The van der Waals surface area contributed by atoms with Crippen LogP contribution in [0.4, 0.5) is 0 Å². The first kappa shape index (κ1) is 15.2. The van der Waals surface area contributed by atoms with Crippen LogP contribution in [0.2, 0.25) is 0 Å². The van der Waals surface area contributed by atoms with Crippen molar-refractivity contribution in [1.82, 2.24) is 28.8 Å². The zero-order valence-corrected chi connectivity index (χ0v) is 12.8. The second kappa shape index (κ2) is 6.19. The monoisotopic (exact) mass is 318 g/mol. The van der Waals surface area contributed by atoms with Gasteiger partial charge in [0.2, 0.25) is 5.91 Å². The molecule has 3 heterocycles. The van der Waals surface area contributed by atoms with Crippen molar-refractivity contribution in [2.45, 2.75) is 25.4 Å². The van der Waals surface area contributed by atoms with Crippen molar-refractivity contribution in [3.63, 3.8) is 0 Å². The van der Waals surface area contributed by atoms with E-state index in [1.54, 1.807) is 15.9 Å². The summed E-state index contributed by atoms with van der Waals surface area (Å²) < 4.78 is 4.00. The number of nitrogens with zero attached hydrogens (tertiary/aromatic N) is 6. The minimum Gasteiger partial charge on any atom is -0.339 e. The molecule has 0 saturated carbocycles. The number of aromatic nitrogens is 5. The summed E-state index contributed by atoms with van der Waals surface area (Å²) in [4.78, 5) is 41.5. The Kier molecular flexibility index (Phi) is 4.09. The normalized spacial score (nSPS) is 18.1. The molecule has 0 spiro atoms. The summed E-state index contributed by atoms with van der Waals surface area (Å²) in [6.45, 7) is 1.13. The van der Waals surface area contributed by atoms with Crippen molar-refractivity contribution in [1.29, 1.82) is 0 Å². The summed E-state index contributed by atoms with van der Waals surface area (Å²) in [6.07, 6.45) is 6.30. The van der Waals surface area contributed by atoms with Gasteiger partial charge in [-0.2, -0.15) is 5.10 Å². The molecule has 1 amide bonds. The number of amides is 1. The van der Waals surface area contributed by atoms with Gasteiger partial charge in [-0.05, 0) is 12.8 Å². The number of piperidine rings is 1. The summed E-state index contributed by atoms with van der Waals surface area (Å²) in [5.41, 5.74) is -0.876. The summed E-state index contributed by atoms with van der Waals surface area (Å²) in [5.74, 6) is -0.143. The van der Waals surface area contributed by atoms with Crippen LogP contribution in [0.25, 0.3) is 0 Å². The highest BCUT2D eigenvalue weighted by Crippen LogP contribution is 2.20. The number of hydrogen-bond donors (Lipinski definition) is 0. The van der Waals surface area contributed by atoms with E-state index in [4.69, 9.17) is 0 Å². The highest BCUT2D eigenvalue weighted by Gasteiger charge is 2.25. The third-order valence-corrected chi connectivity index (χ3v) is 4.13. The first-order chi connectivity index (χ1) is 11.1. The Hall–Kier alpha value is -2.71. The van der Waals surface area contributed by atoms with Crippen LogP contribution >= 0.6 is 0 Å². The Morgan fingerprint density at radius 3 is 2.96 bits per heavy atom. The van der Waals surface area contributed by atoms with Gasteiger partial charge in [0.1, 0.15) is 19.2 Å². The lowest BCUT2D eigenvalue weighted by atomic mass is 10.1. The average Bonchev–Trinajstić information content (AvgIpc) is 3.10. The molecule has 0 N–H and O–H groups in total. The molecule has 1 fully saturated rings. The van der Waals surface area contributed by atoms with Crippen LogP contribution in [0.1, 0.15) is 18.9 Å². The molecule has 0 unspecified atom stereocenters. The molecular formula is C14H18N6O3. The molecule has 0 aromatic carbocycles. The van der Waals surface area contributed by atoms with Crippen LogP contribution in [0.5, 0.6) is 0 Å². The lowest BCUT2D eigenvalue weighted by molar-refractivity contribution is -0.133. The third-order valence-electron chi connectivity index (χ3n) is 4.13. The van der Waals surface area contributed by atoms with Crippen molar-refractivity contribution < 1.29 is 4.79 Å². The lowest BCUT2D eigenvalue weighted by Crippen LogP contribution is -2.45. The number of hydrogen-bond acceptors (Lipinski definition) is 5. The molecule has 0 bridgehead atoms. The van der Waals surface area contributed by atoms with Crippen molar-refractivity contribution in [3.05, 3.63) is 45.8 Å². The van der Waals surface area contributed by atoms with Gasteiger partial charge in [-0.25, -0.2) is 14.5 Å². The molecule has 1 atom stereocenters. The molecule has 0 radical (unpaired) electrons. The Labute approximate surface area is 131 Å². The Balaban J connectivity index is 1.72. The molecule has 3 rings (SSSR count). The highest BCUT2D eigenvalue weighted by atomic mass is 16.2. The SMILES string of the molecule is Cn1c(=O)ccn(CC(=O)N2CCC[C@@H](n3cncn3)C2)c1=O. The molecular weight excluding hydrogens is 300 g/mol. The first-order valence-corrected chi connectivity index (χ1v) is 7.44. The predicted octanol–water partition coefficient (Wildman–Crippen LogP) is -0.998. The van der Waals surface area contributed by atoms with Gasteiger partial charge in [0, 0.05) is 32.4 Å². The van der Waals surface area contributed by atoms with Gasteiger partial charge in [0.25, 0.3) is 5.56 Å². The summed E-state index contributed by atoms with van der Waals surface area (Å²) >= 11 is 0. The Bertz CT molecular complexity index is 807. The quantitative estimate of drug-likeness (QED) is 0.723. The van der Waals surface area contributed by atoms with Crippen molar-refractivity contribution >= 4 is 5.91 Å². The van der Waals surface area contributed by atoms with Gasteiger partial charge in [0.15, 0.2) is 0 Å². The smallest absolute Gasteiger partial charge is 0.331 e. The van der Waals surface area contributed by atoms with Gasteiger partial charge >= 0.3 is 5.69 Å². The summed E-state index contributed by atoms with van der Waals surface area (Å²) in [5, 5.41) is 4.13. The van der Waals surface area contributed by atoms with Gasteiger partial charge < -0.3 is 4.90 Å². The molecule has 122 valence electrons. The minimum atomic E-state index is -0.490. The lowest BCUT2D eigenvalue weighted by Gasteiger charge is -2.32. The molecule has 9 nitrogen and oxygen atoms in total. The summed E-state index contributed by atoms with van der Waals surface area (Å²) in [6, 6.07) is 1.38. The molecule has 1 saturated heterocycles. The van der Waals surface area contributed by atoms with Crippen LogP contribution in [-0.2, 0) is 18.4 Å². The van der Waals surface area contributed by atoms with Crippen molar-refractivity contribution in [2.24, 2.45) is 7.05 Å². The number of rotatable bonds is 3. The van der Waals surface area contributed by atoms with E-state index in [0.717, 1.165) is 17.4 Å². The first-order valence-electron chi connectivity index (χ1n) is 7.44. The van der Waals surface area contributed by atoms with E-state index in [9.17, 15) is 14.4 Å². The van der Waals surface area contributed by atoms with Crippen LogP contribution in [0.3, 0.4) is 0 Å². The molecule has 1 aliphatic rings. The fraction of sp³-hybridized carbons (Fsp3) is 0.500. The van der Waals surface area contributed by atoms with E-state index in [1.165, 1.54) is 30.2 Å². The average molecular weight is 318 g/mol. The summed E-state index contributed by atoms with van der Waals surface area (Å²) in [7, 11) is 1.40. The number of likely N-dealkylation sites (tertiary alicyclic amines) is 1. The van der Waals surface area contributed by atoms with Gasteiger partial charge in [0.05, 0.1) is 6.04 Å². The second-order valence-corrected chi connectivity index (χ2v) is 5.63. The van der Waals surface area contributed by atoms with E-state index >= 15 is 0 Å². The minimum absolute atomic E-state index is 0.0724. The predicted molar refractivity (Wildman–Crippen MR) is 80.8 cm³/mol. The standard InChI is InChI=1S/C14H18N6O3/c1-17-12(21)4-6-19(14(17)23)8-13(22)18-5-2-3-11(7-18)20-10-15-9-16-20/h4,6,9-11H,2-3,5,7-8H2,1H3/t11-/m1/s1. The Morgan fingerprint density at radius 1 is 1.39 bits per heavy atom. The van der Waals surface area contributed by atoms with Crippen LogP contribution in [0, 0.1) is 0 Å². The largest absolute Gasteiger partial charge is 0.339 e. The molecule has 2 aromatic heterocycles. The van der Waals surface area contributed by atoms with Crippen LogP contribution < -0.4 is 11.2 Å². The fourth-order valence-corrected chi connectivity index (χ4v) is 2.79. The molecule has 23 heavy (non-hydrogen) atoms. The Morgan fingerprint density at radius 2 is 2.22 bits per heavy atom. The molecule has 1 aliphatic heterocycles. The third kappa shape index (κ3) is 3.08. The van der Waals surface area contributed by atoms with E-state index in [0.29, 0.717) is 13.1 Å². The van der Waals surface area contributed by atoms with Crippen LogP contribution in [0.15, 0.2) is 34.5 Å². The van der Waals surface area contributed by atoms with Gasteiger partial charge in [-0.3, -0.25) is 18.7 Å². The van der Waals surface area contributed by atoms with E-state index < -0.39 is 5.69 Å². The number of carbonyl (C=O) groups is 1. The fourth-order valence-electron chi connectivity index (χ4n) is 2.79. The van der Waals surface area contributed by atoms with Crippen LogP contribution in [-0.4, -0.2) is 47.8 Å². The maximum Gasteiger partial charge on any atom is 0.331 e. The number of carbonyl (C=O) groups excluding carboxylic acids is 1. The second-order valence-electron chi connectivity index (χ2n) is 5.63. The maximum atomic E-state index is 12.5. The van der Waals surface area contributed by atoms with Gasteiger partial charge in [-0.1, -0.05) is 0 Å². The van der Waals surface area contributed by atoms with Crippen molar-refractivity contribution in [2.75, 3.05) is 13.1 Å². The zero-order valence-electron chi connectivity index (χ0n) is 12.8. The molecule has 2 aromatic rings.